The number of hydrogen-bond acceptors (Lipinski definition) is 4. The molecule has 0 aromatic heterocycles. The molecule has 21 heavy (non-hydrogen) atoms. The quantitative estimate of drug-likeness (QED) is 0.788. The fourth-order valence-corrected chi connectivity index (χ4v) is 2.56. The van der Waals surface area contributed by atoms with Crippen LogP contribution in [0.1, 0.15) is 40.0 Å². The molecule has 2 N–H and O–H groups in total. The number of nitriles is 1. The van der Waals surface area contributed by atoms with Crippen molar-refractivity contribution in [2.75, 3.05) is 13.1 Å². The zero-order valence-corrected chi connectivity index (χ0v) is 12.8. The molecule has 116 valence electrons. The van der Waals surface area contributed by atoms with Crippen LogP contribution in [0.2, 0.25) is 0 Å². The first-order chi connectivity index (χ1) is 9.69. The van der Waals surface area contributed by atoms with Crippen LogP contribution in [0.25, 0.3) is 0 Å². The number of nitrogens with one attached hydrogen (secondary N) is 1. The molecule has 0 bridgehead atoms. The summed E-state index contributed by atoms with van der Waals surface area (Å²) < 4.78 is 0. The van der Waals surface area contributed by atoms with Gasteiger partial charge >= 0.3 is 0 Å². The van der Waals surface area contributed by atoms with E-state index in [1.54, 1.807) is 4.90 Å². The molecule has 1 heterocycles. The Bertz CT molecular complexity index is 485. The molecule has 2 aliphatic rings. The van der Waals surface area contributed by atoms with Gasteiger partial charge in [-0.25, -0.2) is 0 Å². The Hall–Kier alpha value is -1.61. The number of aliphatic hydroxyl groups is 1. The molecule has 1 aliphatic carbocycles. The molecule has 0 spiro atoms. The Balaban J connectivity index is 2.10. The number of likely N-dealkylation sites (tertiary alicyclic amines) is 1. The lowest BCUT2D eigenvalue weighted by Crippen LogP contribution is -2.55. The van der Waals surface area contributed by atoms with E-state index in [-0.39, 0.29) is 11.8 Å². The van der Waals surface area contributed by atoms with Crippen LogP contribution < -0.4 is 5.32 Å². The van der Waals surface area contributed by atoms with E-state index < -0.39 is 23.0 Å². The zero-order valence-electron chi connectivity index (χ0n) is 12.8. The third-order valence-electron chi connectivity index (χ3n) is 4.26. The molecule has 2 atom stereocenters. The smallest absolute Gasteiger partial charge is 0.245 e. The Morgan fingerprint density at radius 3 is 2.43 bits per heavy atom. The van der Waals surface area contributed by atoms with Crippen LogP contribution in [-0.2, 0) is 9.59 Å². The summed E-state index contributed by atoms with van der Waals surface area (Å²) in [6, 6.07) is 1.37. The van der Waals surface area contributed by atoms with Crippen molar-refractivity contribution in [3.8, 4) is 6.07 Å². The van der Waals surface area contributed by atoms with Gasteiger partial charge in [-0.2, -0.15) is 5.26 Å². The van der Waals surface area contributed by atoms with Gasteiger partial charge in [0.15, 0.2) is 0 Å². The predicted octanol–water partition coefficient (Wildman–Crippen LogP) is 0.414. The van der Waals surface area contributed by atoms with Gasteiger partial charge in [0.25, 0.3) is 0 Å². The topological polar surface area (TPSA) is 93.4 Å². The molecule has 2 rings (SSSR count). The highest BCUT2D eigenvalue weighted by Gasteiger charge is 2.52. The molecule has 6 nitrogen and oxygen atoms in total. The lowest BCUT2D eigenvalue weighted by molar-refractivity contribution is -0.139. The van der Waals surface area contributed by atoms with Gasteiger partial charge in [-0.3, -0.25) is 9.59 Å². The van der Waals surface area contributed by atoms with Crippen molar-refractivity contribution in [3.05, 3.63) is 0 Å². The second-order valence-corrected chi connectivity index (χ2v) is 7.19. The summed E-state index contributed by atoms with van der Waals surface area (Å²) in [4.78, 5) is 26.5. The summed E-state index contributed by atoms with van der Waals surface area (Å²) in [5, 5.41) is 21.4. The lowest BCUT2D eigenvalue weighted by atomic mass is 9.85. The number of rotatable bonds is 3. The van der Waals surface area contributed by atoms with Crippen LogP contribution in [0.4, 0.5) is 0 Å². The summed E-state index contributed by atoms with van der Waals surface area (Å²) in [6.07, 6.45) is 1.20. The van der Waals surface area contributed by atoms with E-state index in [9.17, 15) is 14.7 Å². The number of carbonyl (C=O) groups is 2. The molecule has 0 unspecified atom stereocenters. The number of carbonyl (C=O) groups excluding carboxylic acids is 2. The summed E-state index contributed by atoms with van der Waals surface area (Å²) >= 11 is 0. The van der Waals surface area contributed by atoms with Gasteiger partial charge in [0.05, 0.1) is 12.2 Å². The molecule has 0 aromatic rings. The second-order valence-electron chi connectivity index (χ2n) is 7.19. The summed E-state index contributed by atoms with van der Waals surface area (Å²) in [6.45, 7) is 6.47. The van der Waals surface area contributed by atoms with Crippen LogP contribution in [0.15, 0.2) is 0 Å². The maximum absolute atomic E-state index is 12.6. The zero-order chi connectivity index (χ0) is 15.8. The monoisotopic (exact) mass is 293 g/mol. The van der Waals surface area contributed by atoms with Crippen molar-refractivity contribution in [1.82, 2.24) is 10.2 Å². The SMILES string of the molecule is CC(C)(C)[C@H](NC(=O)C1(C#N)CC1)C(=O)N1CC[C@@H](O)C1. The van der Waals surface area contributed by atoms with Crippen molar-refractivity contribution >= 4 is 11.8 Å². The normalized spacial score (nSPS) is 25.1. The molecule has 1 saturated heterocycles. The minimum atomic E-state index is -0.936. The van der Waals surface area contributed by atoms with E-state index >= 15 is 0 Å². The third-order valence-corrected chi connectivity index (χ3v) is 4.26. The van der Waals surface area contributed by atoms with Gasteiger partial charge in [0, 0.05) is 13.1 Å². The van der Waals surface area contributed by atoms with Crippen LogP contribution >= 0.6 is 0 Å². The summed E-state index contributed by atoms with van der Waals surface area (Å²) in [5.41, 5.74) is -1.39. The predicted molar refractivity (Wildman–Crippen MR) is 75.9 cm³/mol. The molecule has 2 amide bonds. The maximum Gasteiger partial charge on any atom is 0.245 e. The molecule has 2 fully saturated rings. The summed E-state index contributed by atoms with van der Waals surface area (Å²) in [5.74, 6) is -0.529. The Kier molecular flexibility index (Phi) is 3.98. The van der Waals surface area contributed by atoms with Crippen LogP contribution in [-0.4, -0.2) is 47.1 Å². The van der Waals surface area contributed by atoms with E-state index in [2.05, 4.69) is 5.32 Å². The number of aliphatic hydroxyl groups excluding tert-OH is 1. The highest BCUT2D eigenvalue weighted by molar-refractivity contribution is 5.93. The minimum Gasteiger partial charge on any atom is -0.391 e. The van der Waals surface area contributed by atoms with Crippen molar-refractivity contribution < 1.29 is 14.7 Å². The fraction of sp³-hybridized carbons (Fsp3) is 0.800. The molecule has 1 saturated carbocycles. The standard InChI is InChI=1S/C15H23N3O3/c1-14(2,3)11(12(20)18-7-4-10(19)8-18)17-13(21)15(9-16)5-6-15/h10-11,19H,4-8H2,1-3H3,(H,17,21)/t10-,11-/m1/s1. The van der Waals surface area contributed by atoms with Gasteiger partial charge in [-0.15, -0.1) is 0 Å². The summed E-state index contributed by atoms with van der Waals surface area (Å²) in [7, 11) is 0. The van der Waals surface area contributed by atoms with E-state index in [4.69, 9.17) is 5.26 Å². The van der Waals surface area contributed by atoms with Crippen molar-refractivity contribution in [3.63, 3.8) is 0 Å². The van der Waals surface area contributed by atoms with Gasteiger partial charge < -0.3 is 15.3 Å². The van der Waals surface area contributed by atoms with Crippen molar-refractivity contribution in [1.29, 1.82) is 5.26 Å². The molecule has 1 aliphatic heterocycles. The third kappa shape index (κ3) is 3.18. The van der Waals surface area contributed by atoms with E-state index in [1.165, 1.54) is 0 Å². The largest absolute Gasteiger partial charge is 0.391 e. The second kappa shape index (κ2) is 5.30. The fourth-order valence-electron chi connectivity index (χ4n) is 2.56. The van der Waals surface area contributed by atoms with Crippen LogP contribution in [0.3, 0.4) is 0 Å². The molecular formula is C15H23N3O3. The van der Waals surface area contributed by atoms with E-state index in [1.807, 2.05) is 26.8 Å². The first kappa shape index (κ1) is 15.8. The van der Waals surface area contributed by atoms with Gasteiger partial charge in [-0.1, -0.05) is 20.8 Å². The van der Waals surface area contributed by atoms with Crippen LogP contribution in [0.5, 0.6) is 0 Å². The minimum absolute atomic E-state index is 0.180. The van der Waals surface area contributed by atoms with Crippen molar-refractivity contribution in [2.24, 2.45) is 10.8 Å². The van der Waals surface area contributed by atoms with Crippen LogP contribution in [0, 0.1) is 22.2 Å². The Labute approximate surface area is 125 Å². The average Bonchev–Trinajstić information content (AvgIpc) is 3.09. The number of amides is 2. The molecular weight excluding hydrogens is 270 g/mol. The molecule has 6 heteroatoms. The number of nitrogens with zero attached hydrogens (tertiary/aromatic N) is 2. The number of hydrogen-bond donors (Lipinski definition) is 2. The molecule has 0 aromatic carbocycles. The highest BCUT2D eigenvalue weighted by Crippen LogP contribution is 2.45. The van der Waals surface area contributed by atoms with Crippen molar-refractivity contribution in [2.45, 2.75) is 52.2 Å². The van der Waals surface area contributed by atoms with Gasteiger partial charge in [-0.05, 0) is 24.7 Å². The lowest BCUT2D eigenvalue weighted by Gasteiger charge is -2.33. The number of β-amino-alcohol motifs (C(OH)–C–C–N with tert-alkyl or cyclic N) is 1. The maximum atomic E-state index is 12.6. The highest BCUT2D eigenvalue weighted by atomic mass is 16.3. The molecule has 0 radical (unpaired) electrons. The first-order valence-corrected chi connectivity index (χ1v) is 7.39. The average molecular weight is 293 g/mol. The Morgan fingerprint density at radius 1 is 1.43 bits per heavy atom. The Morgan fingerprint density at radius 2 is 2.05 bits per heavy atom. The van der Waals surface area contributed by atoms with E-state index in [0.29, 0.717) is 32.4 Å². The first-order valence-electron chi connectivity index (χ1n) is 7.39. The van der Waals surface area contributed by atoms with E-state index in [0.717, 1.165) is 0 Å². The van der Waals surface area contributed by atoms with Gasteiger partial charge in [0.1, 0.15) is 11.5 Å². The van der Waals surface area contributed by atoms with Gasteiger partial charge in [0.2, 0.25) is 11.8 Å².